The topological polar surface area (TPSA) is 3.24 Å². The van der Waals surface area contributed by atoms with Crippen LogP contribution in [0.4, 0.5) is 0 Å². The molecular weight excluding hydrogens is 133 g/mol. The van der Waals surface area contributed by atoms with Crippen molar-refractivity contribution in [1.29, 1.82) is 0 Å². The Morgan fingerprint density at radius 2 is 2.36 bits per heavy atom. The molecular formula is C9H14BN. The minimum atomic E-state index is 1.02. The van der Waals surface area contributed by atoms with Crippen LogP contribution in [-0.2, 0) is 0 Å². The van der Waals surface area contributed by atoms with Crippen LogP contribution >= 0.6 is 0 Å². The van der Waals surface area contributed by atoms with E-state index in [2.05, 4.69) is 11.0 Å². The summed E-state index contributed by atoms with van der Waals surface area (Å²) in [5.41, 5.74) is 1.08. The largest absolute Gasteiger partial charge is 0.299 e. The van der Waals surface area contributed by atoms with E-state index in [1.807, 2.05) is 0 Å². The predicted octanol–water partition coefficient (Wildman–Crippen LogP) is 1.15. The summed E-state index contributed by atoms with van der Waals surface area (Å²) in [7, 11) is 5.68. The van der Waals surface area contributed by atoms with Crippen molar-refractivity contribution in [2.45, 2.75) is 19.3 Å². The highest BCUT2D eigenvalue weighted by atomic mass is 15.1. The Balaban J connectivity index is 1.78. The highest BCUT2D eigenvalue weighted by Gasteiger charge is 2.24. The Labute approximate surface area is 69.9 Å². The van der Waals surface area contributed by atoms with Crippen molar-refractivity contribution in [3.05, 3.63) is 11.5 Å². The first-order valence-corrected chi connectivity index (χ1v) is 4.51. The molecule has 1 aliphatic carbocycles. The molecule has 0 aromatic carbocycles. The second-order valence-electron chi connectivity index (χ2n) is 3.73. The summed E-state index contributed by atoms with van der Waals surface area (Å²) >= 11 is 0. The van der Waals surface area contributed by atoms with E-state index in [-0.39, 0.29) is 0 Å². The molecule has 11 heavy (non-hydrogen) atoms. The van der Waals surface area contributed by atoms with Crippen LogP contribution in [0.15, 0.2) is 11.5 Å². The Morgan fingerprint density at radius 1 is 1.55 bits per heavy atom. The Hall–Kier alpha value is -0.235. The van der Waals surface area contributed by atoms with Crippen LogP contribution in [-0.4, -0.2) is 32.4 Å². The first-order valence-electron chi connectivity index (χ1n) is 4.51. The molecule has 1 heterocycles. The van der Waals surface area contributed by atoms with Crippen LogP contribution < -0.4 is 0 Å². The smallest absolute Gasteiger partial charge is 0.107 e. The summed E-state index contributed by atoms with van der Waals surface area (Å²) in [5, 5.41) is 0. The molecule has 0 bridgehead atoms. The van der Waals surface area contributed by atoms with Gasteiger partial charge in [-0.25, -0.2) is 0 Å². The number of hydrogen-bond acceptors (Lipinski definition) is 1. The van der Waals surface area contributed by atoms with Crippen LogP contribution in [0.5, 0.6) is 0 Å². The SMILES string of the molecule is [B]C1=CCN(CC2CC2)CC1. The standard InChI is InChI=1S/C9H14BN/c10-9-3-5-11(6-4-9)7-8-1-2-8/h3,8H,1-2,4-7H2. The maximum Gasteiger partial charge on any atom is 0.107 e. The Bertz CT molecular complexity index is 172. The van der Waals surface area contributed by atoms with Crippen molar-refractivity contribution >= 4 is 7.85 Å². The van der Waals surface area contributed by atoms with E-state index in [4.69, 9.17) is 7.85 Å². The van der Waals surface area contributed by atoms with E-state index >= 15 is 0 Å². The molecule has 0 saturated heterocycles. The van der Waals surface area contributed by atoms with Gasteiger partial charge >= 0.3 is 0 Å². The minimum absolute atomic E-state index is 1.02. The highest BCUT2D eigenvalue weighted by molar-refractivity contribution is 6.21. The quantitative estimate of drug-likeness (QED) is 0.529. The van der Waals surface area contributed by atoms with Crippen LogP contribution in [0.25, 0.3) is 0 Å². The molecule has 2 aliphatic rings. The zero-order chi connectivity index (χ0) is 7.68. The van der Waals surface area contributed by atoms with Gasteiger partial charge in [0.05, 0.1) is 0 Å². The molecule has 2 heteroatoms. The van der Waals surface area contributed by atoms with Gasteiger partial charge in [0.2, 0.25) is 0 Å². The Kier molecular flexibility index (Phi) is 2.03. The summed E-state index contributed by atoms with van der Waals surface area (Å²) in [5.74, 6) is 1.02. The monoisotopic (exact) mass is 147 g/mol. The summed E-state index contributed by atoms with van der Waals surface area (Å²) in [6.07, 6.45) is 6.14. The van der Waals surface area contributed by atoms with Crippen molar-refractivity contribution in [3.8, 4) is 0 Å². The number of nitrogens with zero attached hydrogens (tertiary/aromatic N) is 1. The lowest BCUT2D eigenvalue weighted by atomic mass is 9.90. The third-order valence-electron chi connectivity index (χ3n) is 2.54. The summed E-state index contributed by atoms with van der Waals surface area (Å²) in [6, 6.07) is 0. The zero-order valence-electron chi connectivity index (χ0n) is 6.92. The molecule has 1 aliphatic heterocycles. The van der Waals surface area contributed by atoms with Gasteiger partial charge in [0, 0.05) is 19.6 Å². The summed E-state index contributed by atoms with van der Waals surface area (Å²) in [6.45, 7) is 3.57. The highest BCUT2D eigenvalue weighted by Crippen LogP contribution is 2.30. The van der Waals surface area contributed by atoms with Gasteiger partial charge in [-0.2, -0.15) is 0 Å². The van der Waals surface area contributed by atoms with Gasteiger partial charge in [-0.05, 0) is 25.2 Å². The van der Waals surface area contributed by atoms with Gasteiger partial charge in [-0.1, -0.05) is 6.08 Å². The van der Waals surface area contributed by atoms with Gasteiger partial charge in [-0.3, -0.25) is 4.90 Å². The molecule has 0 atom stereocenters. The van der Waals surface area contributed by atoms with Gasteiger partial charge in [0.25, 0.3) is 0 Å². The second kappa shape index (κ2) is 3.02. The fourth-order valence-electron chi connectivity index (χ4n) is 1.56. The normalized spacial score (nSPS) is 26.7. The number of hydrogen-bond donors (Lipinski definition) is 0. The van der Waals surface area contributed by atoms with E-state index < -0.39 is 0 Å². The fourth-order valence-corrected chi connectivity index (χ4v) is 1.56. The predicted molar refractivity (Wildman–Crippen MR) is 47.6 cm³/mol. The summed E-state index contributed by atoms with van der Waals surface area (Å²) < 4.78 is 0. The molecule has 1 nitrogen and oxygen atoms in total. The molecule has 0 N–H and O–H groups in total. The first-order chi connectivity index (χ1) is 5.34. The molecule has 0 aromatic rings. The number of rotatable bonds is 2. The van der Waals surface area contributed by atoms with E-state index in [0.717, 1.165) is 24.4 Å². The first kappa shape index (κ1) is 7.42. The molecule has 0 spiro atoms. The lowest BCUT2D eigenvalue weighted by Gasteiger charge is -2.25. The van der Waals surface area contributed by atoms with Crippen molar-refractivity contribution in [2.24, 2.45) is 5.92 Å². The lowest BCUT2D eigenvalue weighted by Crippen LogP contribution is -2.30. The molecule has 2 rings (SSSR count). The van der Waals surface area contributed by atoms with Crippen LogP contribution in [0.3, 0.4) is 0 Å². The maximum absolute atomic E-state index is 5.68. The van der Waals surface area contributed by atoms with Gasteiger partial charge in [0.15, 0.2) is 0 Å². The molecule has 0 amide bonds. The molecule has 2 radical (unpaired) electrons. The van der Waals surface area contributed by atoms with Crippen molar-refractivity contribution < 1.29 is 0 Å². The van der Waals surface area contributed by atoms with E-state index in [1.54, 1.807) is 0 Å². The van der Waals surface area contributed by atoms with Crippen LogP contribution in [0.2, 0.25) is 0 Å². The van der Waals surface area contributed by atoms with Gasteiger partial charge < -0.3 is 0 Å². The van der Waals surface area contributed by atoms with Crippen LogP contribution in [0, 0.1) is 5.92 Å². The third kappa shape index (κ3) is 2.09. The van der Waals surface area contributed by atoms with Crippen molar-refractivity contribution in [2.75, 3.05) is 19.6 Å². The molecule has 1 saturated carbocycles. The lowest BCUT2D eigenvalue weighted by molar-refractivity contribution is 0.285. The summed E-state index contributed by atoms with van der Waals surface area (Å²) in [4.78, 5) is 2.51. The zero-order valence-corrected chi connectivity index (χ0v) is 6.92. The molecule has 58 valence electrons. The average Bonchev–Trinajstić information content (AvgIpc) is 2.78. The Morgan fingerprint density at radius 3 is 2.91 bits per heavy atom. The van der Waals surface area contributed by atoms with E-state index in [0.29, 0.717) is 0 Å². The molecule has 0 aromatic heterocycles. The van der Waals surface area contributed by atoms with Gasteiger partial charge in [0.1, 0.15) is 7.85 Å². The fraction of sp³-hybridized carbons (Fsp3) is 0.778. The molecule has 0 unspecified atom stereocenters. The second-order valence-corrected chi connectivity index (χ2v) is 3.73. The van der Waals surface area contributed by atoms with E-state index in [9.17, 15) is 0 Å². The van der Waals surface area contributed by atoms with Gasteiger partial charge in [-0.15, -0.1) is 5.47 Å². The van der Waals surface area contributed by atoms with E-state index in [1.165, 1.54) is 25.9 Å². The minimum Gasteiger partial charge on any atom is -0.299 e. The average molecular weight is 147 g/mol. The van der Waals surface area contributed by atoms with Crippen molar-refractivity contribution in [1.82, 2.24) is 4.90 Å². The third-order valence-corrected chi connectivity index (χ3v) is 2.54. The van der Waals surface area contributed by atoms with Crippen LogP contribution in [0.1, 0.15) is 19.3 Å². The molecule has 1 fully saturated rings. The maximum atomic E-state index is 5.68. The van der Waals surface area contributed by atoms with Crippen molar-refractivity contribution in [3.63, 3.8) is 0 Å².